The quantitative estimate of drug-likeness (QED) is 0.339. The fraction of sp³-hybridized carbons (Fsp3) is 0.368. The minimum atomic E-state index is -1.27. The first-order valence-corrected chi connectivity index (χ1v) is 9.37. The second-order valence-corrected chi connectivity index (χ2v) is 6.64. The Morgan fingerprint density at radius 2 is 2.23 bits per heavy atom. The maximum absolute atomic E-state index is 14.5. The summed E-state index contributed by atoms with van der Waals surface area (Å²) in [5, 5.41) is 19.5. The number of nitrogens with zero attached hydrogens (tertiary/aromatic N) is 2. The SMILES string of the molecule is O=C(N[C@H]1CNCC[C@@H]1F)c1cc([N+](=O)[O-])c(NCCOc2ccccn2)cc1F. The second kappa shape index (κ2) is 9.92. The molecule has 2 aromatic rings. The van der Waals surface area contributed by atoms with Crippen molar-refractivity contribution in [3.8, 4) is 5.88 Å². The largest absolute Gasteiger partial charge is 0.476 e. The van der Waals surface area contributed by atoms with E-state index in [1.165, 1.54) is 0 Å². The van der Waals surface area contributed by atoms with Crippen molar-refractivity contribution in [3.63, 3.8) is 0 Å². The van der Waals surface area contributed by atoms with E-state index < -0.39 is 40.1 Å². The molecule has 11 heteroatoms. The van der Waals surface area contributed by atoms with Gasteiger partial charge in [-0.3, -0.25) is 14.9 Å². The Morgan fingerprint density at radius 1 is 1.40 bits per heavy atom. The highest BCUT2D eigenvalue weighted by atomic mass is 19.1. The molecule has 1 amide bonds. The predicted octanol–water partition coefficient (Wildman–Crippen LogP) is 2.05. The predicted molar refractivity (Wildman–Crippen MR) is 105 cm³/mol. The molecule has 0 bridgehead atoms. The number of pyridine rings is 1. The Balaban J connectivity index is 1.67. The minimum Gasteiger partial charge on any atom is -0.476 e. The third-order valence-electron chi connectivity index (χ3n) is 4.55. The number of hydrogen-bond donors (Lipinski definition) is 3. The highest BCUT2D eigenvalue weighted by molar-refractivity contribution is 5.96. The van der Waals surface area contributed by atoms with Crippen LogP contribution in [0.3, 0.4) is 0 Å². The molecular formula is C19H21F2N5O4. The van der Waals surface area contributed by atoms with Crippen molar-refractivity contribution < 1.29 is 23.2 Å². The van der Waals surface area contributed by atoms with Crippen LogP contribution in [-0.2, 0) is 0 Å². The Hall–Kier alpha value is -3.34. The van der Waals surface area contributed by atoms with Crippen LogP contribution < -0.4 is 20.7 Å². The highest BCUT2D eigenvalue weighted by Crippen LogP contribution is 2.28. The van der Waals surface area contributed by atoms with Crippen LogP contribution in [0.1, 0.15) is 16.8 Å². The molecule has 1 aliphatic rings. The van der Waals surface area contributed by atoms with Crippen LogP contribution in [0.2, 0.25) is 0 Å². The van der Waals surface area contributed by atoms with Crippen molar-refractivity contribution in [1.82, 2.24) is 15.6 Å². The maximum atomic E-state index is 14.5. The summed E-state index contributed by atoms with van der Waals surface area (Å²) in [5.74, 6) is -1.47. The summed E-state index contributed by atoms with van der Waals surface area (Å²) in [6, 6.07) is 6.02. The second-order valence-electron chi connectivity index (χ2n) is 6.64. The number of anilines is 1. The van der Waals surface area contributed by atoms with Gasteiger partial charge < -0.3 is 20.7 Å². The van der Waals surface area contributed by atoms with Gasteiger partial charge in [-0.1, -0.05) is 6.07 Å². The van der Waals surface area contributed by atoms with Gasteiger partial charge in [0.05, 0.1) is 16.5 Å². The van der Waals surface area contributed by atoms with Crippen LogP contribution in [0.4, 0.5) is 20.2 Å². The lowest BCUT2D eigenvalue weighted by molar-refractivity contribution is -0.384. The zero-order valence-corrected chi connectivity index (χ0v) is 15.9. The van der Waals surface area contributed by atoms with Crippen molar-refractivity contribution in [2.24, 2.45) is 0 Å². The van der Waals surface area contributed by atoms with Crippen molar-refractivity contribution in [2.75, 3.05) is 31.6 Å². The number of hydrogen-bond acceptors (Lipinski definition) is 7. The number of nitro benzene ring substituents is 1. The minimum absolute atomic E-state index is 0.0960. The summed E-state index contributed by atoms with van der Waals surface area (Å²) in [4.78, 5) is 27.0. The standard InChI is InChI=1S/C19H21F2N5O4/c20-13-4-6-22-11-16(13)25-19(27)12-9-17(26(28)29)15(10-14(12)21)23-7-8-30-18-3-1-2-5-24-18/h1-3,5,9-10,13,16,22-23H,4,6-8,11H2,(H,25,27)/t13-,16-/m0/s1. The molecule has 1 aromatic heterocycles. The first-order chi connectivity index (χ1) is 14.5. The van der Waals surface area contributed by atoms with E-state index in [0.29, 0.717) is 12.4 Å². The Labute approximate surface area is 171 Å². The van der Waals surface area contributed by atoms with Crippen molar-refractivity contribution in [1.29, 1.82) is 0 Å². The van der Waals surface area contributed by atoms with Gasteiger partial charge in [-0.15, -0.1) is 0 Å². The highest BCUT2D eigenvalue weighted by Gasteiger charge is 2.28. The van der Waals surface area contributed by atoms with Gasteiger partial charge in [0.2, 0.25) is 5.88 Å². The van der Waals surface area contributed by atoms with E-state index in [9.17, 15) is 23.7 Å². The van der Waals surface area contributed by atoms with E-state index in [4.69, 9.17) is 4.74 Å². The molecule has 1 aliphatic heterocycles. The van der Waals surface area contributed by atoms with Gasteiger partial charge in [0.1, 0.15) is 24.3 Å². The summed E-state index contributed by atoms with van der Waals surface area (Å²) in [5.41, 5.74) is -1.09. The molecule has 160 valence electrons. The van der Waals surface area contributed by atoms with E-state index in [1.54, 1.807) is 24.4 Å². The first-order valence-electron chi connectivity index (χ1n) is 9.37. The number of amides is 1. The molecule has 0 radical (unpaired) electrons. The molecule has 2 heterocycles. The zero-order chi connectivity index (χ0) is 21.5. The number of aromatic nitrogens is 1. The number of ether oxygens (including phenoxy) is 1. The molecule has 0 aliphatic carbocycles. The maximum Gasteiger partial charge on any atom is 0.293 e. The summed E-state index contributed by atoms with van der Waals surface area (Å²) in [7, 11) is 0. The van der Waals surface area contributed by atoms with Crippen molar-refractivity contribution in [2.45, 2.75) is 18.6 Å². The number of halogens is 2. The summed E-state index contributed by atoms with van der Waals surface area (Å²) in [6.45, 7) is 0.953. The van der Waals surface area contributed by atoms with E-state index in [2.05, 4.69) is 20.9 Å². The summed E-state index contributed by atoms with van der Waals surface area (Å²) < 4.78 is 33.8. The third kappa shape index (κ3) is 5.38. The molecule has 1 fully saturated rings. The van der Waals surface area contributed by atoms with Gasteiger partial charge in [-0.2, -0.15) is 0 Å². The fourth-order valence-electron chi connectivity index (χ4n) is 3.02. The van der Waals surface area contributed by atoms with E-state index in [0.717, 1.165) is 12.1 Å². The van der Waals surface area contributed by atoms with E-state index in [-0.39, 0.29) is 31.8 Å². The number of nitro groups is 1. The number of nitrogens with one attached hydrogen (secondary N) is 3. The number of piperidine rings is 1. The monoisotopic (exact) mass is 421 g/mol. The number of alkyl halides is 1. The number of rotatable bonds is 8. The molecule has 1 saturated heterocycles. The van der Waals surface area contributed by atoms with Gasteiger partial charge >= 0.3 is 0 Å². The molecular weight excluding hydrogens is 400 g/mol. The van der Waals surface area contributed by atoms with Crippen molar-refractivity contribution in [3.05, 3.63) is 58.0 Å². The lowest BCUT2D eigenvalue weighted by Crippen LogP contribution is -2.52. The summed E-state index contributed by atoms with van der Waals surface area (Å²) in [6.07, 6.45) is 0.506. The molecule has 1 aromatic carbocycles. The Bertz CT molecular complexity index is 900. The molecule has 3 rings (SSSR count). The normalized spacial score (nSPS) is 18.5. The zero-order valence-electron chi connectivity index (χ0n) is 15.9. The van der Waals surface area contributed by atoms with Crippen LogP contribution in [0.25, 0.3) is 0 Å². The van der Waals surface area contributed by atoms with Crippen LogP contribution in [0.15, 0.2) is 36.5 Å². The molecule has 30 heavy (non-hydrogen) atoms. The smallest absolute Gasteiger partial charge is 0.293 e. The van der Waals surface area contributed by atoms with Gasteiger partial charge in [0, 0.05) is 37.5 Å². The van der Waals surface area contributed by atoms with Gasteiger partial charge in [0.25, 0.3) is 11.6 Å². The van der Waals surface area contributed by atoms with Crippen LogP contribution in [0, 0.1) is 15.9 Å². The summed E-state index contributed by atoms with van der Waals surface area (Å²) >= 11 is 0. The van der Waals surface area contributed by atoms with Crippen LogP contribution in [-0.4, -0.2) is 54.3 Å². The average Bonchev–Trinajstić information content (AvgIpc) is 2.73. The Morgan fingerprint density at radius 3 is 2.93 bits per heavy atom. The van der Waals surface area contributed by atoms with Gasteiger partial charge in [-0.05, 0) is 19.0 Å². The first kappa shape index (κ1) is 21.4. The third-order valence-corrected chi connectivity index (χ3v) is 4.55. The van der Waals surface area contributed by atoms with E-state index >= 15 is 0 Å². The number of carbonyl (C=O) groups is 1. The number of carbonyl (C=O) groups excluding carboxylic acids is 1. The van der Waals surface area contributed by atoms with Crippen LogP contribution >= 0.6 is 0 Å². The lowest BCUT2D eigenvalue weighted by atomic mass is 10.0. The molecule has 2 atom stereocenters. The van der Waals surface area contributed by atoms with E-state index in [1.807, 2.05) is 0 Å². The Kier molecular flexibility index (Phi) is 7.07. The number of benzene rings is 1. The van der Waals surface area contributed by atoms with Gasteiger partial charge in [-0.25, -0.2) is 13.8 Å². The topological polar surface area (TPSA) is 118 Å². The fourth-order valence-corrected chi connectivity index (χ4v) is 3.02. The molecule has 9 nitrogen and oxygen atoms in total. The van der Waals surface area contributed by atoms with Crippen LogP contribution in [0.5, 0.6) is 5.88 Å². The average molecular weight is 421 g/mol. The molecule has 0 spiro atoms. The lowest BCUT2D eigenvalue weighted by Gasteiger charge is -2.27. The molecule has 3 N–H and O–H groups in total. The molecule has 0 unspecified atom stereocenters. The van der Waals surface area contributed by atoms with Gasteiger partial charge in [0.15, 0.2) is 0 Å². The van der Waals surface area contributed by atoms with Crippen molar-refractivity contribution >= 4 is 17.3 Å². The molecule has 0 saturated carbocycles.